The van der Waals surface area contributed by atoms with Gasteiger partial charge in [0, 0.05) is 0 Å². The van der Waals surface area contributed by atoms with Gasteiger partial charge in [-0.1, -0.05) is 18.0 Å². The number of rotatable bonds is 3. The highest BCUT2D eigenvalue weighted by Gasteiger charge is 2.24. The summed E-state index contributed by atoms with van der Waals surface area (Å²) in [6, 6.07) is 1.57. The number of hydrogen-bond acceptors (Lipinski definition) is 4. The van der Waals surface area contributed by atoms with Crippen molar-refractivity contribution in [3.63, 3.8) is 0 Å². The summed E-state index contributed by atoms with van der Waals surface area (Å²) in [5.41, 5.74) is -0.201. The Labute approximate surface area is 127 Å². The molecule has 0 heterocycles. The van der Waals surface area contributed by atoms with Gasteiger partial charge < -0.3 is 4.74 Å². The molecule has 0 aromatic heterocycles. The minimum atomic E-state index is -4.28. The molecule has 0 radical (unpaired) electrons. The van der Waals surface area contributed by atoms with Crippen molar-refractivity contribution in [3.05, 3.63) is 28.5 Å². The third kappa shape index (κ3) is 3.93. The lowest BCUT2D eigenvalue weighted by Crippen LogP contribution is -2.22. The van der Waals surface area contributed by atoms with E-state index in [2.05, 4.69) is 0 Å². The second-order valence-electron chi connectivity index (χ2n) is 4.97. The zero-order chi connectivity index (χ0) is 15.6. The fourth-order valence-electron chi connectivity index (χ4n) is 2.30. The maximum absolute atomic E-state index is 13.6. The molecule has 0 atom stereocenters. The van der Waals surface area contributed by atoms with E-state index in [0.29, 0.717) is 0 Å². The predicted octanol–water partition coefficient (Wildman–Crippen LogP) is 2.62. The molecular formula is C13H15ClFNO4S. The van der Waals surface area contributed by atoms with Gasteiger partial charge in [0.05, 0.1) is 10.6 Å². The summed E-state index contributed by atoms with van der Waals surface area (Å²) >= 11 is 5.79. The Morgan fingerprint density at radius 2 is 1.90 bits per heavy atom. The first-order valence-electron chi connectivity index (χ1n) is 6.52. The molecule has 0 bridgehead atoms. The van der Waals surface area contributed by atoms with Crippen LogP contribution in [0.15, 0.2) is 17.0 Å². The number of benzene rings is 1. The van der Waals surface area contributed by atoms with E-state index in [1.807, 2.05) is 0 Å². The van der Waals surface area contributed by atoms with Crippen molar-refractivity contribution in [2.24, 2.45) is 5.14 Å². The molecule has 0 amide bonds. The summed E-state index contributed by atoms with van der Waals surface area (Å²) < 4.78 is 41.4. The van der Waals surface area contributed by atoms with Crippen molar-refractivity contribution in [2.45, 2.75) is 43.1 Å². The Bertz CT molecular complexity index is 656. The summed E-state index contributed by atoms with van der Waals surface area (Å²) in [7, 11) is -4.28. The molecule has 0 unspecified atom stereocenters. The number of ether oxygens (including phenoxy) is 1. The highest BCUT2D eigenvalue weighted by atomic mass is 35.5. The molecule has 0 spiro atoms. The van der Waals surface area contributed by atoms with Gasteiger partial charge in [-0.15, -0.1) is 0 Å². The standard InChI is InChI=1S/C13H15ClFNO4S/c14-10-7-11(15)12(21(16,18)19)6-9(10)13(17)20-8-4-2-1-3-5-8/h6-8H,1-5H2,(H2,16,18,19). The summed E-state index contributed by atoms with van der Waals surface area (Å²) in [6.07, 6.45) is 4.33. The van der Waals surface area contributed by atoms with E-state index in [0.717, 1.165) is 44.2 Å². The molecule has 8 heteroatoms. The topological polar surface area (TPSA) is 86.5 Å². The number of hydrogen-bond donors (Lipinski definition) is 1. The van der Waals surface area contributed by atoms with Crippen LogP contribution in [0.3, 0.4) is 0 Å². The second-order valence-corrected chi connectivity index (χ2v) is 6.91. The molecule has 2 rings (SSSR count). The monoisotopic (exact) mass is 335 g/mol. The van der Waals surface area contributed by atoms with Crippen LogP contribution in [0.25, 0.3) is 0 Å². The van der Waals surface area contributed by atoms with Gasteiger partial charge in [-0.3, -0.25) is 0 Å². The Morgan fingerprint density at radius 1 is 1.29 bits per heavy atom. The third-order valence-corrected chi connectivity index (χ3v) is 4.61. The van der Waals surface area contributed by atoms with Gasteiger partial charge in [-0.05, 0) is 37.8 Å². The molecule has 1 aromatic carbocycles. The zero-order valence-corrected chi connectivity index (χ0v) is 12.7. The van der Waals surface area contributed by atoms with Crippen LogP contribution in [0.1, 0.15) is 42.5 Å². The molecule has 1 aromatic rings. The highest BCUT2D eigenvalue weighted by Crippen LogP contribution is 2.26. The van der Waals surface area contributed by atoms with Crippen LogP contribution in [-0.2, 0) is 14.8 Å². The van der Waals surface area contributed by atoms with Crippen molar-refractivity contribution < 1.29 is 22.3 Å². The fraction of sp³-hybridized carbons (Fsp3) is 0.462. The number of primary sulfonamides is 1. The van der Waals surface area contributed by atoms with Crippen LogP contribution in [0.5, 0.6) is 0 Å². The Kier molecular flexibility index (Phi) is 4.85. The van der Waals surface area contributed by atoms with E-state index in [4.69, 9.17) is 21.5 Å². The smallest absolute Gasteiger partial charge is 0.339 e. The molecule has 5 nitrogen and oxygen atoms in total. The van der Waals surface area contributed by atoms with Gasteiger partial charge >= 0.3 is 5.97 Å². The Balaban J connectivity index is 2.28. The SMILES string of the molecule is NS(=O)(=O)c1cc(C(=O)OC2CCCCC2)c(Cl)cc1F. The van der Waals surface area contributed by atoms with Crippen LogP contribution >= 0.6 is 11.6 Å². The third-order valence-electron chi connectivity index (χ3n) is 3.37. The lowest BCUT2D eigenvalue weighted by Gasteiger charge is -2.22. The van der Waals surface area contributed by atoms with Gasteiger partial charge in [-0.25, -0.2) is 22.7 Å². The number of nitrogens with two attached hydrogens (primary N) is 1. The number of sulfonamides is 1. The van der Waals surface area contributed by atoms with Crippen molar-refractivity contribution in [3.8, 4) is 0 Å². The van der Waals surface area contributed by atoms with Crippen molar-refractivity contribution in [1.29, 1.82) is 0 Å². The van der Waals surface area contributed by atoms with Crippen molar-refractivity contribution >= 4 is 27.6 Å². The van der Waals surface area contributed by atoms with Crippen LogP contribution in [-0.4, -0.2) is 20.5 Å². The molecule has 1 fully saturated rings. The van der Waals surface area contributed by atoms with E-state index in [-0.39, 0.29) is 16.7 Å². The lowest BCUT2D eigenvalue weighted by atomic mass is 9.98. The average Bonchev–Trinajstić information content (AvgIpc) is 2.38. The van der Waals surface area contributed by atoms with E-state index in [1.54, 1.807) is 0 Å². The van der Waals surface area contributed by atoms with Gasteiger partial charge in [0.25, 0.3) is 0 Å². The quantitative estimate of drug-likeness (QED) is 0.860. The minimum absolute atomic E-state index is 0.201. The second kappa shape index (κ2) is 6.29. The normalized spacial score (nSPS) is 16.7. The molecule has 116 valence electrons. The van der Waals surface area contributed by atoms with Gasteiger partial charge in [0.2, 0.25) is 10.0 Å². The summed E-state index contributed by atoms with van der Waals surface area (Å²) in [5.74, 6) is -1.87. The molecule has 2 N–H and O–H groups in total. The number of esters is 1. The first-order valence-corrected chi connectivity index (χ1v) is 8.44. The highest BCUT2D eigenvalue weighted by molar-refractivity contribution is 7.89. The lowest BCUT2D eigenvalue weighted by molar-refractivity contribution is 0.0211. The van der Waals surface area contributed by atoms with Gasteiger partial charge in [0.15, 0.2) is 0 Å². The maximum Gasteiger partial charge on any atom is 0.339 e. The maximum atomic E-state index is 13.6. The Morgan fingerprint density at radius 3 is 2.48 bits per heavy atom. The van der Waals surface area contributed by atoms with Gasteiger partial charge in [0.1, 0.15) is 16.8 Å². The molecule has 1 aliphatic rings. The van der Waals surface area contributed by atoms with E-state index in [1.165, 1.54) is 0 Å². The first kappa shape index (κ1) is 16.2. The minimum Gasteiger partial charge on any atom is -0.459 e. The summed E-state index contributed by atoms with van der Waals surface area (Å²) in [5, 5.41) is 4.69. The molecular weight excluding hydrogens is 321 g/mol. The van der Waals surface area contributed by atoms with Crippen LogP contribution < -0.4 is 5.14 Å². The van der Waals surface area contributed by atoms with Crippen molar-refractivity contribution in [1.82, 2.24) is 0 Å². The molecule has 1 saturated carbocycles. The van der Waals surface area contributed by atoms with Crippen LogP contribution in [0, 0.1) is 5.82 Å². The number of halogens is 2. The number of carbonyl (C=O) groups is 1. The largest absolute Gasteiger partial charge is 0.459 e. The number of carbonyl (C=O) groups excluding carboxylic acids is 1. The van der Waals surface area contributed by atoms with E-state index < -0.39 is 26.7 Å². The van der Waals surface area contributed by atoms with E-state index in [9.17, 15) is 17.6 Å². The van der Waals surface area contributed by atoms with Gasteiger partial charge in [-0.2, -0.15) is 0 Å². The van der Waals surface area contributed by atoms with Crippen LogP contribution in [0.4, 0.5) is 4.39 Å². The zero-order valence-electron chi connectivity index (χ0n) is 11.1. The molecule has 0 aliphatic heterocycles. The molecule has 0 saturated heterocycles. The summed E-state index contributed by atoms with van der Waals surface area (Å²) in [4.78, 5) is 11.3. The fourth-order valence-corrected chi connectivity index (χ4v) is 3.14. The van der Waals surface area contributed by atoms with Crippen molar-refractivity contribution in [2.75, 3.05) is 0 Å². The summed E-state index contributed by atoms with van der Waals surface area (Å²) in [6.45, 7) is 0. The predicted molar refractivity (Wildman–Crippen MR) is 75.1 cm³/mol. The first-order chi connectivity index (χ1) is 9.79. The molecule has 1 aliphatic carbocycles. The average molecular weight is 336 g/mol. The Hall–Kier alpha value is -1.18. The molecule has 21 heavy (non-hydrogen) atoms. The van der Waals surface area contributed by atoms with E-state index >= 15 is 0 Å². The van der Waals surface area contributed by atoms with Crippen LogP contribution in [0.2, 0.25) is 5.02 Å².